The Labute approximate surface area is 140 Å². The molecule has 0 bridgehead atoms. The van der Waals surface area contributed by atoms with Gasteiger partial charge in [-0.3, -0.25) is 14.4 Å². The summed E-state index contributed by atoms with van der Waals surface area (Å²) in [7, 11) is 0. The molecule has 0 saturated carbocycles. The first kappa shape index (κ1) is 21.2. The van der Waals surface area contributed by atoms with Crippen LogP contribution in [0.3, 0.4) is 0 Å². The van der Waals surface area contributed by atoms with Gasteiger partial charge >= 0.3 is 5.97 Å². The molecular weight excluding hydrogens is 324 g/mol. The molecule has 132 valence electrons. The largest absolute Gasteiger partial charge is 0.480 e. The van der Waals surface area contributed by atoms with Crippen LogP contribution in [0.5, 0.6) is 0 Å². The number of aliphatic carboxylic acids is 1. The van der Waals surface area contributed by atoms with Crippen molar-refractivity contribution >= 4 is 36.3 Å². The van der Waals surface area contributed by atoms with Gasteiger partial charge in [-0.05, 0) is 12.3 Å². The fraction of sp³-hybridized carbons (Fsp3) is 0.692. The normalized spacial score (nSPS) is 13.1. The van der Waals surface area contributed by atoms with E-state index in [4.69, 9.17) is 10.8 Å². The van der Waals surface area contributed by atoms with Crippen molar-refractivity contribution in [2.24, 2.45) is 11.7 Å². The molecule has 0 aromatic rings. The molecule has 0 heterocycles. The Balaban J connectivity index is 4.05. The van der Waals surface area contributed by atoms with Crippen LogP contribution in [0.1, 0.15) is 20.3 Å². The Hall–Kier alpha value is -1.81. The van der Waals surface area contributed by atoms with Crippen LogP contribution in [0.4, 0.5) is 0 Å². The lowest BCUT2D eigenvalue weighted by Gasteiger charge is -2.14. The van der Waals surface area contributed by atoms with Crippen LogP contribution in [0.25, 0.3) is 0 Å². The number of hydrogen-bond donors (Lipinski definition) is 6. The highest BCUT2D eigenvalue weighted by Gasteiger charge is 2.19. The second-order valence-electron chi connectivity index (χ2n) is 5.37. The summed E-state index contributed by atoms with van der Waals surface area (Å²) < 4.78 is 0. The predicted molar refractivity (Wildman–Crippen MR) is 86.9 cm³/mol. The van der Waals surface area contributed by atoms with Gasteiger partial charge in [-0.2, -0.15) is 12.6 Å². The lowest BCUT2D eigenvalue weighted by molar-refractivity contribution is -0.141. The van der Waals surface area contributed by atoms with Gasteiger partial charge in [0.1, 0.15) is 6.04 Å². The molecule has 9 nitrogen and oxygen atoms in total. The predicted octanol–water partition coefficient (Wildman–Crippen LogP) is -1.91. The first-order valence-corrected chi connectivity index (χ1v) is 7.73. The van der Waals surface area contributed by atoms with E-state index < -0.39 is 42.3 Å². The van der Waals surface area contributed by atoms with Crippen LogP contribution >= 0.6 is 12.6 Å². The highest BCUT2D eigenvalue weighted by molar-refractivity contribution is 7.80. The fourth-order valence-corrected chi connectivity index (χ4v) is 1.83. The van der Waals surface area contributed by atoms with Crippen molar-refractivity contribution in [3.63, 3.8) is 0 Å². The molecule has 0 aliphatic rings. The molecule has 2 atom stereocenters. The molecule has 0 saturated heterocycles. The summed E-state index contributed by atoms with van der Waals surface area (Å²) in [6.07, 6.45) is 0.496. The number of hydrogen-bond acceptors (Lipinski definition) is 6. The number of thiol groups is 1. The minimum atomic E-state index is -1.22. The van der Waals surface area contributed by atoms with Gasteiger partial charge < -0.3 is 26.8 Å². The van der Waals surface area contributed by atoms with Crippen molar-refractivity contribution in [1.82, 2.24) is 16.0 Å². The summed E-state index contributed by atoms with van der Waals surface area (Å²) in [6.45, 7) is 3.14. The minimum absolute atomic E-state index is 0.0706. The van der Waals surface area contributed by atoms with E-state index in [-0.39, 0.29) is 18.2 Å². The molecule has 23 heavy (non-hydrogen) atoms. The first-order chi connectivity index (χ1) is 10.7. The second kappa shape index (κ2) is 10.8. The van der Waals surface area contributed by atoms with Crippen LogP contribution in [0, 0.1) is 5.92 Å². The third kappa shape index (κ3) is 9.74. The molecule has 3 amide bonds. The summed E-state index contributed by atoms with van der Waals surface area (Å²) in [5.41, 5.74) is 5.65. The van der Waals surface area contributed by atoms with Gasteiger partial charge in [-0.1, -0.05) is 13.8 Å². The number of carbonyl (C=O) groups is 4. The SMILES string of the molecule is CC(C)C[C@H](N)C(=O)NCC(=O)NCC(=O)N[C@@H](CS)C(=O)O. The maximum Gasteiger partial charge on any atom is 0.327 e. The molecule has 0 spiro atoms. The molecule has 10 heteroatoms. The summed E-state index contributed by atoms with van der Waals surface area (Å²) in [4.78, 5) is 45.3. The van der Waals surface area contributed by atoms with E-state index in [2.05, 4.69) is 28.6 Å². The van der Waals surface area contributed by atoms with Crippen molar-refractivity contribution in [3.8, 4) is 0 Å². The van der Waals surface area contributed by atoms with Crippen LogP contribution in [0.15, 0.2) is 0 Å². The summed E-state index contributed by atoms with van der Waals surface area (Å²) in [5, 5.41) is 15.6. The fourth-order valence-electron chi connectivity index (χ4n) is 1.59. The van der Waals surface area contributed by atoms with Gasteiger partial charge in [0.05, 0.1) is 19.1 Å². The number of carbonyl (C=O) groups excluding carboxylic acids is 3. The standard InChI is InChI=1S/C13H24N4O5S/c1-7(2)3-8(14)12(20)16-4-10(18)15-5-11(19)17-9(6-23)13(21)22/h7-9,23H,3-6,14H2,1-2H3,(H,15,18)(H,16,20)(H,17,19)(H,21,22)/t8-,9-/m0/s1. The number of carboxylic acid groups (broad SMARTS) is 1. The zero-order chi connectivity index (χ0) is 18.0. The lowest BCUT2D eigenvalue weighted by Crippen LogP contribution is -2.49. The van der Waals surface area contributed by atoms with Crippen LogP contribution < -0.4 is 21.7 Å². The Kier molecular flexibility index (Phi) is 9.99. The van der Waals surface area contributed by atoms with Crippen LogP contribution in [-0.4, -0.2) is 59.7 Å². The van der Waals surface area contributed by atoms with Gasteiger partial charge in [0.2, 0.25) is 17.7 Å². The Morgan fingerprint density at radius 2 is 1.65 bits per heavy atom. The van der Waals surface area contributed by atoms with Gasteiger partial charge in [0.25, 0.3) is 0 Å². The number of nitrogens with one attached hydrogen (secondary N) is 3. The smallest absolute Gasteiger partial charge is 0.327 e. The number of rotatable bonds is 10. The molecule has 0 radical (unpaired) electrons. The molecule has 0 unspecified atom stereocenters. The van der Waals surface area contributed by atoms with E-state index in [1.54, 1.807) is 0 Å². The van der Waals surface area contributed by atoms with E-state index in [0.717, 1.165) is 0 Å². The molecule has 0 aromatic carbocycles. The maximum absolute atomic E-state index is 11.6. The molecule has 0 aliphatic heterocycles. The molecule has 6 N–H and O–H groups in total. The molecular formula is C13H24N4O5S. The summed E-state index contributed by atoms with van der Waals surface area (Å²) in [6, 6.07) is -1.82. The van der Waals surface area contributed by atoms with E-state index in [1.807, 2.05) is 13.8 Å². The Bertz CT molecular complexity index is 444. The third-order valence-electron chi connectivity index (χ3n) is 2.75. The average molecular weight is 348 g/mol. The minimum Gasteiger partial charge on any atom is -0.480 e. The zero-order valence-electron chi connectivity index (χ0n) is 13.2. The number of carboxylic acids is 1. The quantitative estimate of drug-likeness (QED) is 0.254. The van der Waals surface area contributed by atoms with E-state index >= 15 is 0 Å². The molecule has 0 fully saturated rings. The van der Waals surface area contributed by atoms with Crippen molar-refractivity contribution in [1.29, 1.82) is 0 Å². The van der Waals surface area contributed by atoms with Crippen molar-refractivity contribution in [3.05, 3.63) is 0 Å². The van der Waals surface area contributed by atoms with E-state index in [9.17, 15) is 19.2 Å². The number of nitrogens with two attached hydrogens (primary N) is 1. The van der Waals surface area contributed by atoms with E-state index in [1.165, 1.54) is 0 Å². The monoisotopic (exact) mass is 348 g/mol. The number of amides is 3. The van der Waals surface area contributed by atoms with E-state index in [0.29, 0.717) is 6.42 Å². The van der Waals surface area contributed by atoms with Gasteiger partial charge in [-0.15, -0.1) is 0 Å². The summed E-state index contributed by atoms with van der Waals surface area (Å²) in [5.74, 6) is -2.72. The molecule has 0 aliphatic carbocycles. The van der Waals surface area contributed by atoms with Crippen molar-refractivity contribution in [2.75, 3.05) is 18.8 Å². The third-order valence-corrected chi connectivity index (χ3v) is 3.11. The molecule has 0 aromatic heterocycles. The van der Waals surface area contributed by atoms with Crippen molar-refractivity contribution in [2.45, 2.75) is 32.4 Å². The molecule has 0 rings (SSSR count). The topological polar surface area (TPSA) is 151 Å². The summed E-state index contributed by atoms with van der Waals surface area (Å²) >= 11 is 3.79. The second-order valence-corrected chi connectivity index (χ2v) is 5.74. The highest BCUT2D eigenvalue weighted by Crippen LogP contribution is 2.02. The Morgan fingerprint density at radius 1 is 1.09 bits per heavy atom. The zero-order valence-corrected chi connectivity index (χ0v) is 14.1. The highest BCUT2D eigenvalue weighted by atomic mass is 32.1. The average Bonchev–Trinajstić information content (AvgIpc) is 2.46. The van der Waals surface area contributed by atoms with Gasteiger partial charge in [0.15, 0.2) is 0 Å². The van der Waals surface area contributed by atoms with Gasteiger partial charge in [0, 0.05) is 5.75 Å². The Morgan fingerprint density at radius 3 is 2.13 bits per heavy atom. The van der Waals surface area contributed by atoms with Crippen LogP contribution in [-0.2, 0) is 19.2 Å². The van der Waals surface area contributed by atoms with Crippen molar-refractivity contribution < 1.29 is 24.3 Å². The van der Waals surface area contributed by atoms with Gasteiger partial charge in [-0.25, -0.2) is 4.79 Å². The van der Waals surface area contributed by atoms with Crippen LogP contribution in [0.2, 0.25) is 0 Å². The maximum atomic E-state index is 11.6. The first-order valence-electron chi connectivity index (χ1n) is 7.10. The lowest BCUT2D eigenvalue weighted by atomic mass is 10.0.